The maximum atomic E-state index is 11.8. The molecule has 0 saturated carbocycles. The minimum absolute atomic E-state index is 0.0178. The predicted octanol–water partition coefficient (Wildman–Crippen LogP) is 2.91. The summed E-state index contributed by atoms with van der Waals surface area (Å²) in [6.07, 6.45) is 0. The largest absolute Gasteiger partial charge is 0.419 e. The second kappa shape index (κ2) is 8.08. The summed E-state index contributed by atoms with van der Waals surface area (Å²) in [4.78, 5) is 13.8. The first-order valence-electron chi connectivity index (χ1n) is 7.65. The molecule has 7 heteroatoms. The molecule has 1 N–H and O–H groups in total. The Balaban J connectivity index is 2.13. The van der Waals surface area contributed by atoms with Crippen molar-refractivity contribution in [2.75, 3.05) is 19.6 Å². The molecule has 0 aliphatic carbocycles. The van der Waals surface area contributed by atoms with E-state index in [4.69, 9.17) is 16.0 Å². The first-order valence-corrected chi connectivity index (χ1v) is 8.03. The molecular weight excluding hydrogens is 316 g/mol. The molecule has 23 heavy (non-hydrogen) atoms. The molecule has 2 aromatic rings. The topological polar surface area (TPSA) is 71.3 Å². The summed E-state index contributed by atoms with van der Waals surface area (Å²) in [5, 5.41) is 11.6. The second-order valence-electron chi connectivity index (χ2n) is 5.15. The van der Waals surface area contributed by atoms with E-state index in [1.165, 1.54) is 0 Å². The molecule has 1 atom stereocenters. The molecule has 1 heterocycles. The predicted molar refractivity (Wildman–Crippen MR) is 89.1 cm³/mol. The molecule has 1 aromatic carbocycles. The van der Waals surface area contributed by atoms with Crippen molar-refractivity contribution in [2.24, 2.45) is 0 Å². The Kier molecular flexibility index (Phi) is 6.12. The van der Waals surface area contributed by atoms with Crippen LogP contribution in [0.15, 0.2) is 28.7 Å². The summed E-state index contributed by atoms with van der Waals surface area (Å²) >= 11 is 5.98. The summed E-state index contributed by atoms with van der Waals surface area (Å²) < 4.78 is 5.76. The first-order chi connectivity index (χ1) is 11.0. The summed E-state index contributed by atoms with van der Waals surface area (Å²) in [7, 11) is 0. The minimum atomic E-state index is -0.150. The van der Waals surface area contributed by atoms with Crippen LogP contribution in [-0.2, 0) is 4.79 Å². The number of halogens is 1. The van der Waals surface area contributed by atoms with Crippen LogP contribution in [0.1, 0.15) is 32.7 Å². The van der Waals surface area contributed by atoms with Gasteiger partial charge < -0.3 is 9.73 Å². The van der Waals surface area contributed by atoms with Gasteiger partial charge in [0.2, 0.25) is 17.7 Å². The number of carbonyl (C=O) groups is 1. The zero-order chi connectivity index (χ0) is 16.8. The molecule has 2 rings (SSSR count). The van der Waals surface area contributed by atoms with Gasteiger partial charge in [-0.25, -0.2) is 0 Å². The highest BCUT2D eigenvalue weighted by Crippen LogP contribution is 2.25. The third-order valence-electron chi connectivity index (χ3n) is 3.54. The highest BCUT2D eigenvalue weighted by molar-refractivity contribution is 6.30. The molecule has 1 amide bonds. The number of rotatable bonds is 7. The summed E-state index contributed by atoms with van der Waals surface area (Å²) in [5.41, 5.74) is 0.773. The fourth-order valence-corrected chi connectivity index (χ4v) is 2.45. The molecule has 0 radical (unpaired) electrons. The maximum absolute atomic E-state index is 11.8. The van der Waals surface area contributed by atoms with Gasteiger partial charge in [0.1, 0.15) is 0 Å². The highest BCUT2D eigenvalue weighted by Gasteiger charge is 2.22. The van der Waals surface area contributed by atoms with Crippen LogP contribution in [0, 0.1) is 0 Å². The zero-order valence-electron chi connectivity index (χ0n) is 13.5. The lowest BCUT2D eigenvalue weighted by Crippen LogP contribution is -2.38. The van der Waals surface area contributed by atoms with Crippen LogP contribution in [0.25, 0.3) is 11.5 Å². The molecule has 0 aliphatic heterocycles. The molecule has 1 aromatic heterocycles. The van der Waals surface area contributed by atoms with Crippen LogP contribution in [0.3, 0.4) is 0 Å². The van der Waals surface area contributed by atoms with E-state index in [2.05, 4.69) is 15.5 Å². The third-order valence-corrected chi connectivity index (χ3v) is 3.78. The Bertz CT molecular complexity index is 659. The van der Waals surface area contributed by atoms with Crippen molar-refractivity contribution in [3.05, 3.63) is 35.2 Å². The molecule has 0 unspecified atom stereocenters. The van der Waals surface area contributed by atoms with Gasteiger partial charge in [-0.2, -0.15) is 0 Å². The van der Waals surface area contributed by atoms with Crippen molar-refractivity contribution >= 4 is 17.5 Å². The number of nitrogens with zero attached hydrogens (tertiary/aromatic N) is 3. The van der Waals surface area contributed by atoms with Crippen molar-refractivity contribution in [1.29, 1.82) is 0 Å². The van der Waals surface area contributed by atoms with Gasteiger partial charge in [0.15, 0.2) is 0 Å². The maximum Gasteiger partial charge on any atom is 0.247 e. The molecule has 0 aliphatic rings. The Morgan fingerprint density at radius 1 is 1.39 bits per heavy atom. The number of aromatic nitrogens is 2. The van der Waals surface area contributed by atoms with Gasteiger partial charge in [-0.05, 0) is 38.6 Å². The van der Waals surface area contributed by atoms with E-state index in [1.54, 1.807) is 12.1 Å². The molecule has 6 nitrogen and oxygen atoms in total. The zero-order valence-corrected chi connectivity index (χ0v) is 14.3. The number of hydrogen-bond acceptors (Lipinski definition) is 5. The standard InChI is InChI=1S/C16H21ClN4O2/c1-4-18-14(22)10-21(5-2)11(3)15-19-20-16(23-15)12-7-6-8-13(17)9-12/h6-9,11H,4-5,10H2,1-3H3,(H,18,22)/t11-/m0/s1. The van der Waals surface area contributed by atoms with E-state index in [1.807, 2.05) is 37.8 Å². The number of benzene rings is 1. The smallest absolute Gasteiger partial charge is 0.247 e. The van der Waals surface area contributed by atoms with Crippen molar-refractivity contribution in [3.8, 4) is 11.5 Å². The molecule has 0 bridgehead atoms. The van der Waals surface area contributed by atoms with Gasteiger partial charge in [0.05, 0.1) is 12.6 Å². The van der Waals surface area contributed by atoms with Crippen LogP contribution in [0.5, 0.6) is 0 Å². The van der Waals surface area contributed by atoms with E-state index in [9.17, 15) is 4.79 Å². The van der Waals surface area contributed by atoms with Crippen molar-refractivity contribution in [3.63, 3.8) is 0 Å². The van der Waals surface area contributed by atoms with E-state index in [-0.39, 0.29) is 11.9 Å². The van der Waals surface area contributed by atoms with E-state index >= 15 is 0 Å². The number of hydrogen-bond donors (Lipinski definition) is 1. The molecule has 0 spiro atoms. The molecular formula is C16H21ClN4O2. The Morgan fingerprint density at radius 3 is 2.83 bits per heavy atom. The van der Waals surface area contributed by atoms with Crippen LogP contribution >= 0.6 is 11.6 Å². The van der Waals surface area contributed by atoms with Gasteiger partial charge >= 0.3 is 0 Å². The van der Waals surface area contributed by atoms with Gasteiger partial charge in [0, 0.05) is 17.1 Å². The van der Waals surface area contributed by atoms with Gasteiger partial charge in [-0.1, -0.05) is 24.6 Å². The molecule has 0 saturated heterocycles. The Labute approximate surface area is 140 Å². The Morgan fingerprint density at radius 2 is 2.17 bits per heavy atom. The summed E-state index contributed by atoms with van der Waals surface area (Å²) in [6.45, 7) is 7.44. The summed E-state index contributed by atoms with van der Waals surface area (Å²) in [5.74, 6) is 0.880. The van der Waals surface area contributed by atoms with Crippen molar-refractivity contribution in [2.45, 2.75) is 26.8 Å². The monoisotopic (exact) mass is 336 g/mol. The summed E-state index contributed by atoms with van der Waals surface area (Å²) in [6, 6.07) is 7.10. The second-order valence-corrected chi connectivity index (χ2v) is 5.58. The fourth-order valence-electron chi connectivity index (χ4n) is 2.26. The molecule has 124 valence electrons. The number of nitrogens with one attached hydrogen (secondary N) is 1. The third kappa shape index (κ3) is 4.53. The van der Waals surface area contributed by atoms with Crippen LogP contribution < -0.4 is 5.32 Å². The van der Waals surface area contributed by atoms with Gasteiger partial charge in [-0.3, -0.25) is 9.69 Å². The van der Waals surface area contributed by atoms with Crippen LogP contribution in [0.2, 0.25) is 5.02 Å². The van der Waals surface area contributed by atoms with Crippen molar-refractivity contribution in [1.82, 2.24) is 20.4 Å². The van der Waals surface area contributed by atoms with Gasteiger partial charge in [0.25, 0.3) is 0 Å². The van der Waals surface area contributed by atoms with E-state index in [0.29, 0.717) is 36.4 Å². The number of likely N-dealkylation sites (N-methyl/N-ethyl adjacent to an activating group) is 2. The minimum Gasteiger partial charge on any atom is -0.419 e. The SMILES string of the molecule is CCNC(=O)CN(CC)[C@@H](C)c1nnc(-c2cccc(Cl)c2)o1. The average Bonchev–Trinajstić information content (AvgIpc) is 3.02. The fraction of sp³-hybridized carbons (Fsp3) is 0.438. The van der Waals surface area contributed by atoms with E-state index in [0.717, 1.165) is 5.56 Å². The van der Waals surface area contributed by atoms with Crippen LogP contribution in [0.4, 0.5) is 0 Å². The van der Waals surface area contributed by atoms with Crippen molar-refractivity contribution < 1.29 is 9.21 Å². The number of carbonyl (C=O) groups excluding carboxylic acids is 1. The van der Waals surface area contributed by atoms with Crippen LogP contribution in [-0.4, -0.2) is 40.6 Å². The normalized spacial score (nSPS) is 12.4. The van der Waals surface area contributed by atoms with E-state index < -0.39 is 0 Å². The lowest BCUT2D eigenvalue weighted by molar-refractivity contribution is -0.122. The highest BCUT2D eigenvalue weighted by atomic mass is 35.5. The average molecular weight is 337 g/mol. The number of amides is 1. The Hall–Kier alpha value is -1.92. The molecule has 0 fully saturated rings. The lowest BCUT2D eigenvalue weighted by atomic mass is 10.2. The lowest BCUT2D eigenvalue weighted by Gasteiger charge is -2.24. The quantitative estimate of drug-likeness (QED) is 0.841. The first kappa shape index (κ1) is 17.4. The van der Waals surface area contributed by atoms with Gasteiger partial charge in [-0.15, -0.1) is 10.2 Å².